The lowest BCUT2D eigenvalue weighted by Crippen LogP contribution is -2.37. The molecule has 1 atom stereocenters. The molecule has 0 aliphatic carbocycles. The van der Waals surface area contributed by atoms with Crippen LogP contribution in [0.5, 0.6) is 0 Å². The number of hydrogen-bond acceptors (Lipinski definition) is 2. The fourth-order valence-electron chi connectivity index (χ4n) is 2.21. The number of nitrogens with two attached hydrogens (primary N) is 1. The van der Waals surface area contributed by atoms with Gasteiger partial charge in [-0.2, -0.15) is 0 Å². The molecule has 0 radical (unpaired) electrons. The largest absolute Gasteiger partial charge is 0.339 e. The van der Waals surface area contributed by atoms with Crippen molar-refractivity contribution in [3.63, 3.8) is 0 Å². The third kappa shape index (κ3) is 3.20. The van der Waals surface area contributed by atoms with Crippen LogP contribution in [0.1, 0.15) is 25.3 Å². The van der Waals surface area contributed by atoms with Gasteiger partial charge >= 0.3 is 0 Å². The number of nitrogens with zero attached hydrogens (tertiary/aromatic N) is 1. The van der Waals surface area contributed by atoms with E-state index in [2.05, 4.69) is 18.2 Å². The zero-order valence-corrected chi connectivity index (χ0v) is 10.8. The Morgan fingerprint density at radius 2 is 2.11 bits per heavy atom. The lowest BCUT2D eigenvalue weighted by Gasteiger charge is -2.27. The predicted molar refractivity (Wildman–Crippen MR) is 73.9 cm³/mol. The van der Waals surface area contributed by atoms with Gasteiger partial charge in [0.25, 0.3) is 0 Å². The van der Waals surface area contributed by atoms with Gasteiger partial charge in [-0.05, 0) is 24.5 Å². The molecule has 2 rings (SSSR count). The van der Waals surface area contributed by atoms with E-state index in [4.69, 9.17) is 5.73 Å². The summed E-state index contributed by atoms with van der Waals surface area (Å²) in [7, 11) is 0. The minimum atomic E-state index is -0.0583. The number of rotatable bonds is 3. The second-order valence-corrected chi connectivity index (χ2v) is 4.87. The van der Waals surface area contributed by atoms with E-state index in [-0.39, 0.29) is 11.9 Å². The van der Waals surface area contributed by atoms with E-state index < -0.39 is 0 Å². The first-order chi connectivity index (χ1) is 8.66. The van der Waals surface area contributed by atoms with Crippen molar-refractivity contribution in [2.75, 3.05) is 13.1 Å². The molecule has 0 bridgehead atoms. The molecular weight excluding hydrogens is 224 g/mol. The normalized spacial score (nSPS) is 17.2. The summed E-state index contributed by atoms with van der Waals surface area (Å²) in [5, 5.41) is 0. The maximum Gasteiger partial charge on any atom is 0.224 e. The van der Waals surface area contributed by atoms with Crippen molar-refractivity contribution in [2.45, 2.75) is 25.8 Å². The van der Waals surface area contributed by atoms with Crippen LogP contribution in [-0.4, -0.2) is 29.9 Å². The van der Waals surface area contributed by atoms with Crippen molar-refractivity contribution in [2.24, 2.45) is 5.73 Å². The molecule has 0 spiro atoms. The standard InChI is InChI=1S/C15H20N2O/c1-12(16)11-15(18)17-9-7-14(8-10-17)13-5-3-2-4-6-13/h2-7,12H,8-11,16H2,1H3. The monoisotopic (exact) mass is 244 g/mol. The molecule has 0 saturated heterocycles. The highest BCUT2D eigenvalue weighted by Gasteiger charge is 2.18. The van der Waals surface area contributed by atoms with Crippen LogP contribution in [0, 0.1) is 0 Å². The van der Waals surface area contributed by atoms with Crippen LogP contribution in [0.3, 0.4) is 0 Å². The van der Waals surface area contributed by atoms with Crippen LogP contribution in [0.25, 0.3) is 5.57 Å². The molecule has 0 saturated carbocycles. The van der Waals surface area contributed by atoms with Crippen molar-refractivity contribution >= 4 is 11.5 Å². The highest BCUT2D eigenvalue weighted by molar-refractivity contribution is 5.78. The van der Waals surface area contributed by atoms with Gasteiger partial charge in [0.15, 0.2) is 0 Å². The summed E-state index contributed by atoms with van der Waals surface area (Å²) < 4.78 is 0. The fraction of sp³-hybridized carbons (Fsp3) is 0.400. The van der Waals surface area contributed by atoms with E-state index in [1.165, 1.54) is 11.1 Å². The molecule has 1 aliphatic heterocycles. The van der Waals surface area contributed by atoms with Crippen molar-refractivity contribution in [1.82, 2.24) is 4.90 Å². The highest BCUT2D eigenvalue weighted by Crippen LogP contribution is 2.22. The zero-order chi connectivity index (χ0) is 13.0. The SMILES string of the molecule is CC(N)CC(=O)N1CC=C(c2ccccc2)CC1. The molecule has 1 amide bonds. The number of benzene rings is 1. The molecule has 0 aromatic heterocycles. The molecule has 96 valence electrons. The average molecular weight is 244 g/mol. The third-order valence-corrected chi connectivity index (χ3v) is 3.20. The van der Waals surface area contributed by atoms with Crippen LogP contribution < -0.4 is 5.73 Å². The Hall–Kier alpha value is -1.61. The topological polar surface area (TPSA) is 46.3 Å². The molecule has 1 aliphatic rings. The van der Waals surface area contributed by atoms with Gasteiger partial charge in [0.2, 0.25) is 5.91 Å². The van der Waals surface area contributed by atoms with Crippen molar-refractivity contribution in [1.29, 1.82) is 0 Å². The van der Waals surface area contributed by atoms with Crippen LogP contribution in [-0.2, 0) is 4.79 Å². The molecule has 3 heteroatoms. The van der Waals surface area contributed by atoms with Crippen LogP contribution in [0.15, 0.2) is 36.4 Å². The minimum absolute atomic E-state index is 0.0583. The highest BCUT2D eigenvalue weighted by atomic mass is 16.2. The van der Waals surface area contributed by atoms with Crippen molar-refractivity contribution in [3.05, 3.63) is 42.0 Å². The molecule has 1 unspecified atom stereocenters. The first-order valence-electron chi connectivity index (χ1n) is 6.44. The van der Waals surface area contributed by atoms with Crippen molar-refractivity contribution < 1.29 is 4.79 Å². The van der Waals surface area contributed by atoms with Gasteiger partial charge in [0.05, 0.1) is 0 Å². The van der Waals surface area contributed by atoms with Gasteiger partial charge in [0.1, 0.15) is 0 Å². The second kappa shape index (κ2) is 5.83. The van der Waals surface area contributed by atoms with E-state index >= 15 is 0 Å². The molecule has 18 heavy (non-hydrogen) atoms. The summed E-state index contributed by atoms with van der Waals surface area (Å²) in [5.41, 5.74) is 8.25. The number of carbonyl (C=O) groups excluding carboxylic acids is 1. The summed E-state index contributed by atoms with van der Waals surface area (Å²) in [4.78, 5) is 13.8. The molecule has 0 fully saturated rings. The maximum absolute atomic E-state index is 11.9. The first kappa shape index (κ1) is 12.8. The summed E-state index contributed by atoms with van der Waals surface area (Å²) in [6.45, 7) is 3.37. The van der Waals surface area contributed by atoms with Gasteiger partial charge in [-0.1, -0.05) is 36.4 Å². The van der Waals surface area contributed by atoms with Gasteiger partial charge in [-0.3, -0.25) is 4.79 Å². The molecular formula is C15H20N2O. The molecule has 1 aromatic carbocycles. The maximum atomic E-state index is 11.9. The minimum Gasteiger partial charge on any atom is -0.339 e. The quantitative estimate of drug-likeness (QED) is 0.884. The second-order valence-electron chi connectivity index (χ2n) is 4.87. The Kier molecular flexibility index (Phi) is 4.15. The van der Waals surface area contributed by atoms with Gasteiger partial charge < -0.3 is 10.6 Å². The molecule has 1 aromatic rings. The number of amides is 1. The molecule has 1 heterocycles. The Balaban J connectivity index is 1.98. The Morgan fingerprint density at radius 3 is 2.67 bits per heavy atom. The molecule has 2 N–H and O–H groups in total. The van der Waals surface area contributed by atoms with Crippen LogP contribution in [0.2, 0.25) is 0 Å². The van der Waals surface area contributed by atoms with Crippen LogP contribution in [0.4, 0.5) is 0 Å². The first-order valence-corrected chi connectivity index (χ1v) is 6.44. The third-order valence-electron chi connectivity index (χ3n) is 3.20. The number of carbonyl (C=O) groups is 1. The Labute approximate surface area is 108 Å². The van der Waals surface area contributed by atoms with Gasteiger partial charge in [-0.15, -0.1) is 0 Å². The lowest BCUT2D eigenvalue weighted by atomic mass is 9.99. The van der Waals surface area contributed by atoms with Crippen molar-refractivity contribution in [3.8, 4) is 0 Å². The Bertz CT molecular complexity index is 437. The van der Waals surface area contributed by atoms with Gasteiger partial charge in [-0.25, -0.2) is 0 Å². The number of hydrogen-bond donors (Lipinski definition) is 1. The van der Waals surface area contributed by atoms with E-state index in [1.54, 1.807) is 0 Å². The summed E-state index contributed by atoms with van der Waals surface area (Å²) in [5.74, 6) is 0.161. The lowest BCUT2D eigenvalue weighted by molar-refractivity contribution is -0.131. The zero-order valence-electron chi connectivity index (χ0n) is 10.8. The van der Waals surface area contributed by atoms with E-state index in [9.17, 15) is 4.79 Å². The smallest absolute Gasteiger partial charge is 0.224 e. The average Bonchev–Trinajstić information content (AvgIpc) is 2.39. The van der Waals surface area contributed by atoms with E-state index in [0.29, 0.717) is 13.0 Å². The summed E-state index contributed by atoms with van der Waals surface area (Å²) in [6.07, 6.45) is 3.52. The Morgan fingerprint density at radius 1 is 1.39 bits per heavy atom. The fourth-order valence-corrected chi connectivity index (χ4v) is 2.21. The van der Waals surface area contributed by atoms with E-state index in [1.807, 2.05) is 30.0 Å². The summed E-state index contributed by atoms with van der Waals surface area (Å²) in [6, 6.07) is 10.3. The van der Waals surface area contributed by atoms with Crippen LogP contribution >= 0.6 is 0 Å². The van der Waals surface area contributed by atoms with E-state index in [0.717, 1.165) is 13.0 Å². The summed E-state index contributed by atoms with van der Waals surface area (Å²) >= 11 is 0. The predicted octanol–water partition coefficient (Wildman–Crippen LogP) is 2.04. The molecule has 3 nitrogen and oxygen atoms in total. The van der Waals surface area contributed by atoms with Gasteiger partial charge in [0, 0.05) is 25.6 Å².